The summed E-state index contributed by atoms with van der Waals surface area (Å²) < 4.78 is 4.89. The van der Waals surface area contributed by atoms with Gasteiger partial charge in [-0.15, -0.1) is 0 Å². The molecule has 3 heteroatoms. The molecule has 0 fully saturated rings. The second-order valence-electron chi connectivity index (χ2n) is 6.37. The molecule has 0 aliphatic rings. The zero-order valence-electron chi connectivity index (χ0n) is 15.3. The van der Waals surface area contributed by atoms with Crippen LogP contribution in [0.1, 0.15) is 104 Å². The van der Waals surface area contributed by atoms with Gasteiger partial charge in [-0.05, 0) is 39.0 Å². The van der Waals surface area contributed by atoms with E-state index < -0.39 is 5.56 Å². The number of hydrogen-bond donors (Lipinski definition) is 0. The Morgan fingerprint density at radius 1 is 0.870 bits per heavy atom. The summed E-state index contributed by atoms with van der Waals surface area (Å²) in [5.41, 5.74) is -0.509. The van der Waals surface area contributed by atoms with Crippen molar-refractivity contribution in [3.63, 3.8) is 0 Å². The lowest BCUT2D eigenvalue weighted by molar-refractivity contribution is -0.144. The van der Waals surface area contributed by atoms with Gasteiger partial charge in [0.05, 0.1) is 0 Å². The van der Waals surface area contributed by atoms with Crippen LogP contribution in [0.3, 0.4) is 0 Å². The third kappa shape index (κ3) is 19.5. The van der Waals surface area contributed by atoms with E-state index in [1.54, 1.807) is 6.92 Å². The summed E-state index contributed by atoms with van der Waals surface area (Å²) in [5, 5.41) is 0. The Balaban J connectivity index is 3.18. The molecule has 23 heavy (non-hydrogen) atoms. The van der Waals surface area contributed by atoms with E-state index >= 15 is 0 Å². The molecule has 0 aliphatic heterocycles. The maximum Gasteiger partial charge on any atom is 0.307 e. The molecule has 0 radical (unpaired) electrons. The number of carbonyl (C=O) groups is 1. The van der Waals surface area contributed by atoms with E-state index in [2.05, 4.69) is 19.1 Å². The van der Waals surface area contributed by atoms with E-state index in [-0.39, 0.29) is 5.97 Å². The van der Waals surface area contributed by atoms with Gasteiger partial charge in [-0.2, -0.15) is 0 Å². The van der Waals surface area contributed by atoms with Crippen LogP contribution >= 0.6 is 11.6 Å². The van der Waals surface area contributed by atoms with Crippen LogP contribution in [0.25, 0.3) is 0 Å². The zero-order chi connectivity index (χ0) is 17.2. The smallest absolute Gasteiger partial charge is 0.307 e. The Hall–Kier alpha value is -0.500. The average molecular weight is 345 g/mol. The van der Waals surface area contributed by atoms with Crippen LogP contribution < -0.4 is 0 Å². The number of esters is 1. The average Bonchev–Trinajstić information content (AvgIpc) is 2.50. The third-order valence-electron chi connectivity index (χ3n) is 3.94. The van der Waals surface area contributed by atoms with Crippen molar-refractivity contribution in [3.05, 3.63) is 12.2 Å². The number of alkyl halides is 1. The first kappa shape index (κ1) is 22.5. The lowest BCUT2D eigenvalue weighted by atomic mass is 10.1. The van der Waals surface area contributed by atoms with Crippen LogP contribution in [0, 0.1) is 0 Å². The number of carbonyl (C=O) groups excluding carboxylic acids is 1. The highest BCUT2D eigenvalue weighted by molar-refractivity contribution is 6.19. The van der Waals surface area contributed by atoms with Gasteiger partial charge < -0.3 is 4.74 Å². The molecule has 0 bridgehead atoms. The van der Waals surface area contributed by atoms with Crippen molar-refractivity contribution in [2.24, 2.45) is 0 Å². The lowest BCUT2D eigenvalue weighted by Crippen LogP contribution is -2.08. The van der Waals surface area contributed by atoms with E-state index in [4.69, 9.17) is 16.3 Å². The largest absolute Gasteiger partial charge is 0.446 e. The molecular formula is C20H37ClO2. The Bertz CT molecular complexity index is 287. The van der Waals surface area contributed by atoms with Crippen LogP contribution in [0.5, 0.6) is 0 Å². The van der Waals surface area contributed by atoms with Gasteiger partial charge in [0, 0.05) is 6.42 Å². The minimum atomic E-state index is -0.509. The molecule has 0 rings (SSSR count). The molecule has 0 spiro atoms. The van der Waals surface area contributed by atoms with Crippen molar-refractivity contribution in [2.75, 3.05) is 0 Å². The number of ether oxygens (including phenoxy) is 1. The fraction of sp³-hybridized carbons (Fsp3) is 0.850. The molecule has 0 N–H and O–H groups in total. The Morgan fingerprint density at radius 3 is 1.87 bits per heavy atom. The van der Waals surface area contributed by atoms with Gasteiger partial charge in [0.25, 0.3) is 0 Å². The molecule has 2 nitrogen and oxygen atoms in total. The second-order valence-corrected chi connectivity index (χ2v) is 6.98. The highest BCUT2D eigenvalue weighted by Gasteiger charge is 2.05. The molecule has 0 heterocycles. The zero-order valence-corrected chi connectivity index (χ0v) is 16.1. The minimum absolute atomic E-state index is 0.176. The topological polar surface area (TPSA) is 26.3 Å². The van der Waals surface area contributed by atoms with E-state index in [1.807, 2.05) is 0 Å². The molecule has 0 aromatic carbocycles. The molecular weight excluding hydrogens is 308 g/mol. The van der Waals surface area contributed by atoms with Crippen LogP contribution in [-0.2, 0) is 9.53 Å². The van der Waals surface area contributed by atoms with Crippen molar-refractivity contribution in [2.45, 2.75) is 109 Å². The molecule has 1 atom stereocenters. The summed E-state index contributed by atoms with van der Waals surface area (Å²) in [6.07, 6.45) is 21.6. The number of hydrogen-bond acceptors (Lipinski definition) is 2. The molecule has 136 valence electrons. The molecule has 0 aromatic heterocycles. The summed E-state index contributed by atoms with van der Waals surface area (Å²) in [5.74, 6) is -0.176. The van der Waals surface area contributed by atoms with Crippen LogP contribution in [0.4, 0.5) is 0 Å². The predicted molar refractivity (Wildman–Crippen MR) is 101 cm³/mol. The second kappa shape index (κ2) is 17.8. The Labute approximate surface area is 149 Å². The highest BCUT2D eigenvalue weighted by atomic mass is 35.5. The van der Waals surface area contributed by atoms with Gasteiger partial charge in [0.2, 0.25) is 0 Å². The van der Waals surface area contributed by atoms with E-state index in [9.17, 15) is 4.79 Å². The SMILES string of the molecule is CCCCCCCCC=CCCCCCCCC(=O)OC(C)Cl. The molecule has 0 aromatic rings. The Morgan fingerprint density at radius 2 is 1.35 bits per heavy atom. The van der Waals surface area contributed by atoms with Crippen molar-refractivity contribution in [1.82, 2.24) is 0 Å². The molecule has 0 aliphatic carbocycles. The number of unbranched alkanes of at least 4 members (excludes halogenated alkanes) is 11. The standard InChI is InChI=1S/C20H37ClO2/c1-3-4-5-6-7-8-9-10-11-12-13-14-15-16-17-18-20(22)23-19(2)21/h10-11,19H,3-9,12-18H2,1-2H3. The first-order valence-electron chi connectivity index (χ1n) is 9.65. The van der Waals surface area contributed by atoms with Gasteiger partial charge >= 0.3 is 5.97 Å². The van der Waals surface area contributed by atoms with Gasteiger partial charge in [0.15, 0.2) is 5.56 Å². The van der Waals surface area contributed by atoms with E-state index in [0.717, 1.165) is 12.8 Å². The van der Waals surface area contributed by atoms with Crippen LogP contribution in [-0.4, -0.2) is 11.5 Å². The summed E-state index contributed by atoms with van der Waals surface area (Å²) in [4.78, 5) is 11.3. The van der Waals surface area contributed by atoms with Crippen molar-refractivity contribution < 1.29 is 9.53 Å². The molecule has 0 saturated carbocycles. The van der Waals surface area contributed by atoms with E-state index in [0.29, 0.717) is 6.42 Å². The molecule has 0 saturated heterocycles. The third-order valence-corrected chi connectivity index (χ3v) is 4.03. The number of halogens is 1. The van der Waals surface area contributed by atoms with Gasteiger partial charge in [-0.3, -0.25) is 4.79 Å². The Kier molecular flexibility index (Phi) is 17.5. The van der Waals surface area contributed by atoms with Crippen molar-refractivity contribution in [3.8, 4) is 0 Å². The fourth-order valence-corrected chi connectivity index (χ4v) is 2.68. The predicted octanol–water partition coefficient (Wildman–Crippen LogP) is 7.15. The normalized spacial score (nSPS) is 12.7. The summed E-state index contributed by atoms with van der Waals surface area (Å²) in [6.45, 7) is 3.93. The summed E-state index contributed by atoms with van der Waals surface area (Å²) in [6, 6.07) is 0. The van der Waals surface area contributed by atoms with Gasteiger partial charge in [-0.1, -0.05) is 82.0 Å². The lowest BCUT2D eigenvalue weighted by Gasteiger charge is -2.05. The number of rotatable bonds is 16. The van der Waals surface area contributed by atoms with E-state index in [1.165, 1.54) is 70.6 Å². The first-order chi connectivity index (χ1) is 11.2. The number of allylic oxidation sites excluding steroid dienone is 2. The summed E-state index contributed by atoms with van der Waals surface area (Å²) in [7, 11) is 0. The van der Waals surface area contributed by atoms with Crippen molar-refractivity contribution >= 4 is 17.6 Å². The fourth-order valence-electron chi connectivity index (χ4n) is 2.58. The maximum absolute atomic E-state index is 11.3. The van der Waals surface area contributed by atoms with Crippen LogP contribution in [0.2, 0.25) is 0 Å². The van der Waals surface area contributed by atoms with Crippen LogP contribution in [0.15, 0.2) is 12.2 Å². The van der Waals surface area contributed by atoms with Gasteiger partial charge in [-0.25, -0.2) is 0 Å². The maximum atomic E-state index is 11.3. The first-order valence-corrected chi connectivity index (χ1v) is 10.1. The molecule has 1 unspecified atom stereocenters. The monoisotopic (exact) mass is 344 g/mol. The quantitative estimate of drug-likeness (QED) is 0.128. The minimum Gasteiger partial charge on any atom is -0.446 e. The highest BCUT2D eigenvalue weighted by Crippen LogP contribution is 2.10. The molecule has 0 amide bonds. The van der Waals surface area contributed by atoms with Gasteiger partial charge in [0.1, 0.15) is 0 Å². The summed E-state index contributed by atoms with van der Waals surface area (Å²) >= 11 is 5.59. The van der Waals surface area contributed by atoms with Crippen molar-refractivity contribution in [1.29, 1.82) is 0 Å².